The van der Waals surface area contributed by atoms with Gasteiger partial charge >= 0.3 is 0 Å². The first kappa shape index (κ1) is 17.9. The molecule has 4 N–H and O–H groups in total. The number of amides is 1. The summed E-state index contributed by atoms with van der Waals surface area (Å²) in [6.07, 6.45) is 0.728. The minimum absolute atomic E-state index is 0.00817. The molecule has 0 spiro atoms. The fourth-order valence-corrected chi connectivity index (χ4v) is 3.85. The van der Waals surface area contributed by atoms with E-state index in [-0.39, 0.29) is 22.3 Å². The van der Waals surface area contributed by atoms with Gasteiger partial charge < -0.3 is 10.6 Å². The van der Waals surface area contributed by atoms with Crippen LogP contribution in [0.15, 0.2) is 17.0 Å². The first-order valence-electron chi connectivity index (χ1n) is 7.62. The molecule has 1 aromatic rings. The second kappa shape index (κ2) is 5.89. The number of aryl methyl sites for hydroxylation is 1. The standard InChI is InChI=1S/C16H25N3O3S/c1-10-7-12(8-13(11(10)2)23(18,21)22)15(20)19-6-5-14(17)16(3,4)9-19/h7-8,14H,5-6,9,17H2,1-4H3,(H2,18,21,22). The molecule has 0 radical (unpaired) electrons. The first-order valence-corrected chi connectivity index (χ1v) is 9.17. The monoisotopic (exact) mass is 339 g/mol. The molecule has 1 aliphatic rings. The van der Waals surface area contributed by atoms with Crippen molar-refractivity contribution in [3.05, 3.63) is 28.8 Å². The molecule has 1 heterocycles. The van der Waals surface area contributed by atoms with Gasteiger partial charge in [0.15, 0.2) is 0 Å². The van der Waals surface area contributed by atoms with Crippen molar-refractivity contribution < 1.29 is 13.2 Å². The van der Waals surface area contributed by atoms with E-state index in [0.29, 0.717) is 24.2 Å². The molecule has 7 heteroatoms. The molecular formula is C16H25N3O3S. The van der Waals surface area contributed by atoms with Crippen molar-refractivity contribution in [2.45, 2.75) is 45.1 Å². The third-order valence-electron chi connectivity index (χ3n) is 4.77. The van der Waals surface area contributed by atoms with Crippen LogP contribution >= 0.6 is 0 Å². The lowest BCUT2D eigenvalue weighted by Crippen LogP contribution is -2.54. The van der Waals surface area contributed by atoms with E-state index in [2.05, 4.69) is 0 Å². The van der Waals surface area contributed by atoms with Gasteiger partial charge in [-0.25, -0.2) is 13.6 Å². The molecular weight excluding hydrogens is 314 g/mol. The summed E-state index contributed by atoms with van der Waals surface area (Å²) in [4.78, 5) is 14.5. The van der Waals surface area contributed by atoms with Crippen LogP contribution in [0, 0.1) is 19.3 Å². The summed E-state index contributed by atoms with van der Waals surface area (Å²) in [6, 6.07) is 3.14. The number of hydrogen-bond acceptors (Lipinski definition) is 4. The minimum atomic E-state index is -3.87. The van der Waals surface area contributed by atoms with Crippen LogP contribution in [0.25, 0.3) is 0 Å². The van der Waals surface area contributed by atoms with Crippen LogP contribution in [-0.4, -0.2) is 38.4 Å². The summed E-state index contributed by atoms with van der Waals surface area (Å²) in [7, 11) is -3.87. The number of piperidine rings is 1. The molecule has 1 atom stereocenters. The summed E-state index contributed by atoms with van der Waals surface area (Å²) in [5.74, 6) is -0.182. The molecule has 128 valence electrons. The van der Waals surface area contributed by atoms with Gasteiger partial charge in [-0.2, -0.15) is 0 Å². The predicted octanol–water partition coefficient (Wildman–Crippen LogP) is 1.15. The summed E-state index contributed by atoms with van der Waals surface area (Å²) in [6.45, 7) is 8.65. The average Bonchev–Trinajstić information content (AvgIpc) is 2.42. The molecule has 0 saturated carbocycles. The van der Waals surface area contributed by atoms with E-state index in [0.717, 1.165) is 12.0 Å². The Morgan fingerprint density at radius 1 is 1.30 bits per heavy atom. The van der Waals surface area contributed by atoms with Crippen molar-refractivity contribution >= 4 is 15.9 Å². The van der Waals surface area contributed by atoms with E-state index in [1.807, 2.05) is 13.8 Å². The van der Waals surface area contributed by atoms with Gasteiger partial charge in [0, 0.05) is 24.7 Å². The Balaban J connectivity index is 2.39. The largest absolute Gasteiger partial charge is 0.338 e. The normalized spacial score (nSPS) is 21.3. The second-order valence-corrected chi connectivity index (χ2v) is 8.60. The van der Waals surface area contributed by atoms with Crippen LogP contribution in [-0.2, 0) is 10.0 Å². The highest BCUT2D eigenvalue weighted by Crippen LogP contribution is 2.29. The van der Waals surface area contributed by atoms with Crippen molar-refractivity contribution in [1.82, 2.24) is 4.90 Å². The fraction of sp³-hybridized carbons (Fsp3) is 0.562. The first-order chi connectivity index (χ1) is 10.4. The number of likely N-dealkylation sites (tertiary alicyclic amines) is 1. The fourth-order valence-electron chi connectivity index (χ4n) is 2.98. The Bertz CT molecular complexity index is 741. The molecule has 1 aromatic carbocycles. The highest BCUT2D eigenvalue weighted by atomic mass is 32.2. The average molecular weight is 339 g/mol. The third-order valence-corrected chi connectivity index (χ3v) is 5.81. The van der Waals surface area contributed by atoms with Crippen molar-refractivity contribution in [3.8, 4) is 0 Å². The topological polar surface area (TPSA) is 106 Å². The third kappa shape index (κ3) is 3.57. The number of benzene rings is 1. The van der Waals surface area contributed by atoms with Crippen molar-refractivity contribution in [2.75, 3.05) is 13.1 Å². The number of primary sulfonamides is 1. The van der Waals surface area contributed by atoms with E-state index in [9.17, 15) is 13.2 Å². The van der Waals surface area contributed by atoms with Crippen molar-refractivity contribution in [2.24, 2.45) is 16.3 Å². The van der Waals surface area contributed by atoms with Gasteiger partial charge in [-0.15, -0.1) is 0 Å². The van der Waals surface area contributed by atoms with Gasteiger partial charge in [-0.1, -0.05) is 13.8 Å². The van der Waals surface area contributed by atoms with E-state index in [1.165, 1.54) is 6.07 Å². The lowest BCUT2D eigenvalue weighted by Gasteiger charge is -2.42. The molecule has 1 aliphatic heterocycles. The summed E-state index contributed by atoms with van der Waals surface area (Å²) in [5.41, 5.74) is 7.59. The zero-order valence-corrected chi connectivity index (χ0v) is 14.9. The number of carbonyl (C=O) groups excluding carboxylic acids is 1. The van der Waals surface area contributed by atoms with Gasteiger partial charge in [-0.05, 0) is 48.9 Å². The van der Waals surface area contributed by atoms with E-state index < -0.39 is 10.0 Å². The minimum Gasteiger partial charge on any atom is -0.338 e. The predicted molar refractivity (Wildman–Crippen MR) is 89.6 cm³/mol. The quantitative estimate of drug-likeness (QED) is 0.843. The number of hydrogen-bond donors (Lipinski definition) is 2. The van der Waals surface area contributed by atoms with Gasteiger partial charge in [0.2, 0.25) is 10.0 Å². The molecule has 6 nitrogen and oxygen atoms in total. The summed E-state index contributed by atoms with van der Waals surface area (Å²) >= 11 is 0. The Morgan fingerprint density at radius 2 is 1.91 bits per heavy atom. The van der Waals surface area contributed by atoms with Gasteiger partial charge in [0.1, 0.15) is 0 Å². The molecule has 1 fully saturated rings. The maximum absolute atomic E-state index is 12.8. The van der Waals surface area contributed by atoms with Gasteiger partial charge in [-0.3, -0.25) is 4.79 Å². The molecule has 2 rings (SSSR count). The lowest BCUT2D eigenvalue weighted by atomic mass is 9.79. The van der Waals surface area contributed by atoms with E-state index >= 15 is 0 Å². The van der Waals surface area contributed by atoms with Crippen LogP contribution in [0.4, 0.5) is 0 Å². The van der Waals surface area contributed by atoms with Crippen molar-refractivity contribution in [3.63, 3.8) is 0 Å². The number of sulfonamides is 1. The summed E-state index contributed by atoms with van der Waals surface area (Å²) < 4.78 is 23.5. The van der Waals surface area contributed by atoms with Crippen molar-refractivity contribution in [1.29, 1.82) is 0 Å². The Labute approximate surface area is 137 Å². The molecule has 0 aromatic heterocycles. The van der Waals surface area contributed by atoms with Crippen LogP contribution in [0.2, 0.25) is 0 Å². The van der Waals surface area contributed by atoms with Crippen LogP contribution in [0.3, 0.4) is 0 Å². The van der Waals surface area contributed by atoms with Crippen LogP contribution < -0.4 is 10.9 Å². The van der Waals surface area contributed by atoms with E-state index in [1.54, 1.807) is 24.8 Å². The highest BCUT2D eigenvalue weighted by molar-refractivity contribution is 7.89. The highest BCUT2D eigenvalue weighted by Gasteiger charge is 2.35. The Kier molecular flexibility index (Phi) is 4.58. The molecule has 23 heavy (non-hydrogen) atoms. The Morgan fingerprint density at radius 3 is 2.43 bits per heavy atom. The number of carbonyl (C=O) groups is 1. The number of nitrogens with two attached hydrogens (primary N) is 2. The zero-order chi connectivity index (χ0) is 17.6. The molecule has 1 unspecified atom stereocenters. The maximum Gasteiger partial charge on any atom is 0.253 e. The zero-order valence-electron chi connectivity index (χ0n) is 14.1. The smallest absolute Gasteiger partial charge is 0.253 e. The number of nitrogens with zero attached hydrogens (tertiary/aromatic N) is 1. The summed E-state index contributed by atoms with van der Waals surface area (Å²) in [5, 5.41) is 5.27. The Hall–Kier alpha value is -1.44. The van der Waals surface area contributed by atoms with E-state index in [4.69, 9.17) is 10.9 Å². The van der Waals surface area contributed by atoms with Gasteiger partial charge in [0.05, 0.1) is 4.90 Å². The molecule has 0 bridgehead atoms. The SMILES string of the molecule is Cc1cc(C(=O)N2CCC(N)C(C)(C)C2)cc(S(N)(=O)=O)c1C. The van der Waals surface area contributed by atoms with Gasteiger partial charge in [0.25, 0.3) is 5.91 Å². The molecule has 1 saturated heterocycles. The van der Waals surface area contributed by atoms with Crippen LogP contribution in [0.1, 0.15) is 41.8 Å². The van der Waals surface area contributed by atoms with Crippen LogP contribution in [0.5, 0.6) is 0 Å². The molecule has 0 aliphatic carbocycles. The lowest BCUT2D eigenvalue weighted by molar-refractivity contribution is 0.0532. The molecule has 1 amide bonds. The number of rotatable bonds is 2. The second-order valence-electron chi connectivity index (χ2n) is 7.07. The maximum atomic E-state index is 12.8.